The number of nitrogens with zero attached hydrogens (tertiary/aromatic N) is 6. The van der Waals surface area contributed by atoms with Crippen molar-refractivity contribution in [1.82, 2.24) is 30.1 Å². The Balaban J connectivity index is 1.61. The Morgan fingerprint density at radius 1 is 1.23 bits per heavy atom. The predicted octanol–water partition coefficient (Wildman–Crippen LogP) is 2.63. The Bertz CT molecular complexity index is 848. The van der Waals surface area contributed by atoms with Crippen molar-refractivity contribution in [2.24, 2.45) is 0 Å². The average molecular weight is 368 g/mol. The molecule has 2 aromatic heterocycles. The smallest absolute Gasteiger partial charge is 0.234 e. The Labute approximate surface area is 155 Å². The van der Waals surface area contributed by atoms with Gasteiger partial charge >= 0.3 is 0 Å². The maximum absolute atomic E-state index is 13.4. The summed E-state index contributed by atoms with van der Waals surface area (Å²) in [5.74, 6) is 0.461. The van der Waals surface area contributed by atoms with Crippen LogP contribution in [0.3, 0.4) is 0 Å². The lowest BCUT2D eigenvalue weighted by Crippen LogP contribution is -2.35. The lowest BCUT2D eigenvalue weighted by Gasteiger charge is -2.26. The lowest BCUT2D eigenvalue weighted by molar-refractivity contribution is -0.134. The highest BCUT2D eigenvalue weighted by Gasteiger charge is 2.32. The number of aryl methyl sites for hydroxylation is 1. The Morgan fingerprint density at radius 3 is 2.92 bits per heavy atom. The van der Waals surface area contributed by atoms with E-state index in [1.54, 1.807) is 22.2 Å². The Kier molecular flexibility index (Phi) is 5.01. The Morgan fingerprint density at radius 2 is 2.12 bits per heavy atom. The van der Waals surface area contributed by atoms with E-state index < -0.39 is 0 Å². The van der Waals surface area contributed by atoms with E-state index in [2.05, 4.69) is 20.5 Å². The van der Waals surface area contributed by atoms with Crippen molar-refractivity contribution in [1.29, 1.82) is 0 Å². The van der Waals surface area contributed by atoms with Crippen LogP contribution in [-0.2, 0) is 24.4 Å². The van der Waals surface area contributed by atoms with Crippen molar-refractivity contribution in [3.8, 4) is 0 Å². The first kappa shape index (κ1) is 16.8. The number of fused-ring (bicyclic) bond motifs is 1. The number of benzene rings is 1. The fourth-order valence-electron chi connectivity index (χ4n) is 3.32. The van der Waals surface area contributed by atoms with Gasteiger partial charge in [-0.3, -0.25) is 4.79 Å². The summed E-state index contributed by atoms with van der Waals surface area (Å²) in [5, 5.41) is 14.8. The summed E-state index contributed by atoms with van der Waals surface area (Å²) in [4.78, 5) is 19.7. The molecule has 1 atom stereocenters. The molecule has 0 N–H and O–H groups in total. The molecule has 1 aliphatic rings. The largest absolute Gasteiger partial charge is 0.331 e. The maximum atomic E-state index is 13.4. The molecular formula is C18H20N6OS. The summed E-state index contributed by atoms with van der Waals surface area (Å²) in [7, 11) is 0. The fourth-order valence-corrected chi connectivity index (χ4v) is 3.95. The van der Waals surface area contributed by atoms with Crippen LogP contribution >= 0.6 is 11.3 Å². The molecule has 26 heavy (non-hydrogen) atoms. The van der Waals surface area contributed by atoms with E-state index in [1.165, 1.54) is 0 Å². The third-order valence-electron chi connectivity index (χ3n) is 4.62. The van der Waals surface area contributed by atoms with Crippen molar-refractivity contribution in [3.63, 3.8) is 0 Å². The molecule has 0 radical (unpaired) electrons. The number of carbonyl (C=O) groups excluding carboxylic acids is 1. The number of thiazole rings is 1. The second-order valence-corrected chi connectivity index (χ2v) is 7.39. The zero-order valence-electron chi connectivity index (χ0n) is 14.4. The number of hydrogen-bond acceptors (Lipinski definition) is 6. The molecule has 1 aliphatic heterocycles. The predicted molar refractivity (Wildman–Crippen MR) is 97.2 cm³/mol. The highest BCUT2D eigenvalue weighted by Crippen LogP contribution is 2.27. The molecule has 1 aromatic carbocycles. The number of aromatic nitrogens is 5. The zero-order valence-corrected chi connectivity index (χ0v) is 15.2. The summed E-state index contributed by atoms with van der Waals surface area (Å²) in [6.07, 6.45) is 4.53. The van der Waals surface area contributed by atoms with E-state index in [4.69, 9.17) is 0 Å². The van der Waals surface area contributed by atoms with Gasteiger partial charge in [0.15, 0.2) is 5.82 Å². The highest BCUT2D eigenvalue weighted by molar-refractivity contribution is 7.09. The Hall–Kier alpha value is -2.61. The number of hydrogen-bond donors (Lipinski definition) is 0. The van der Waals surface area contributed by atoms with Gasteiger partial charge in [0, 0.05) is 24.7 Å². The van der Waals surface area contributed by atoms with Gasteiger partial charge < -0.3 is 4.90 Å². The number of carbonyl (C=O) groups is 1. The molecule has 0 unspecified atom stereocenters. The molecule has 8 heteroatoms. The van der Waals surface area contributed by atoms with Crippen LogP contribution in [0.25, 0.3) is 0 Å². The van der Waals surface area contributed by atoms with Crippen LogP contribution in [0.5, 0.6) is 0 Å². The molecular weight excluding hydrogens is 348 g/mol. The minimum atomic E-state index is -0.295. The second-order valence-electron chi connectivity index (χ2n) is 6.41. The molecule has 4 rings (SSSR count). The van der Waals surface area contributed by atoms with Gasteiger partial charge in [-0.05, 0) is 28.8 Å². The van der Waals surface area contributed by atoms with Crippen LogP contribution in [0.15, 0.2) is 41.9 Å². The molecule has 3 heterocycles. The topological polar surface area (TPSA) is 76.8 Å². The molecule has 0 saturated heterocycles. The standard InChI is InChI=1S/C18H20N6OS/c25-18(15-8-4-5-10-24-17(15)20-21-22-24)23(13-16-19-9-11-26-16)12-14-6-2-1-3-7-14/h1-3,6-7,9,11,15H,4-5,8,10,12-13H2/t15-/m0/s1. The first-order chi connectivity index (χ1) is 12.8. The maximum Gasteiger partial charge on any atom is 0.234 e. The van der Waals surface area contributed by atoms with Gasteiger partial charge in [-0.2, -0.15) is 0 Å². The molecule has 0 aliphatic carbocycles. The molecule has 0 bridgehead atoms. The van der Waals surface area contributed by atoms with E-state index in [9.17, 15) is 4.79 Å². The van der Waals surface area contributed by atoms with Gasteiger partial charge in [0.2, 0.25) is 5.91 Å². The van der Waals surface area contributed by atoms with Crippen molar-refractivity contribution in [3.05, 3.63) is 58.3 Å². The van der Waals surface area contributed by atoms with Crippen molar-refractivity contribution < 1.29 is 4.79 Å². The number of tetrazole rings is 1. The monoisotopic (exact) mass is 368 g/mol. The first-order valence-electron chi connectivity index (χ1n) is 8.78. The van der Waals surface area contributed by atoms with Gasteiger partial charge in [0.25, 0.3) is 0 Å². The highest BCUT2D eigenvalue weighted by atomic mass is 32.1. The van der Waals surface area contributed by atoms with Gasteiger partial charge in [0.05, 0.1) is 12.5 Å². The molecule has 7 nitrogen and oxygen atoms in total. The summed E-state index contributed by atoms with van der Waals surface area (Å²) < 4.78 is 1.78. The van der Waals surface area contributed by atoms with Crippen LogP contribution < -0.4 is 0 Å². The minimum absolute atomic E-state index is 0.0713. The van der Waals surface area contributed by atoms with Gasteiger partial charge in [-0.15, -0.1) is 16.4 Å². The molecule has 0 spiro atoms. The second kappa shape index (κ2) is 7.74. The number of rotatable bonds is 5. The summed E-state index contributed by atoms with van der Waals surface area (Å²) in [5.41, 5.74) is 1.10. The van der Waals surface area contributed by atoms with Crippen LogP contribution in [0.4, 0.5) is 0 Å². The van der Waals surface area contributed by atoms with E-state index in [0.29, 0.717) is 18.9 Å². The molecule has 0 fully saturated rings. The summed E-state index contributed by atoms with van der Waals surface area (Å²) in [6.45, 7) is 1.83. The van der Waals surface area contributed by atoms with Crippen molar-refractivity contribution in [2.45, 2.75) is 44.8 Å². The van der Waals surface area contributed by atoms with Crippen molar-refractivity contribution >= 4 is 17.2 Å². The van der Waals surface area contributed by atoms with E-state index in [-0.39, 0.29) is 11.8 Å². The molecule has 1 amide bonds. The fraction of sp³-hybridized carbons (Fsp3) is 0.389. The van der Waals surface area contributed by atoms with Gasteiger partial charge in [0.1, 0.15) is 5.01 Å². The van der Waals surface area contributed by atoms with E-state index in [0.717, 1.165) is 36.4 Å². The average Bonchev–Trinajstić information content (AvgIpc) is 3.30. The van der Waals surface area contributed by atoms with E-state index >= 15 is 0 Å². The molecule has 3 aromatic rings. The van der Waals surface area contributed by atoms with Crippen LogP contribution in [0.2, 0.25) is 0 Å². The lowest BCUT2D eigenvalue weighted by atomic mass is 10.0. The minimum Gasteiger partial charge on any atom is -0.331 e. The third kappa shape index (κ3) is 3.65. The van der Waals surface area contributed by atoms with Crippen LogP contribution in [0, 0.1) is 0 Å². The summed E-state index contributed by atoms with van der Waals surface area (Å²) >= 11 is 1.57. The molecule has 134 valence electrons. The third-order valence-corrected chi connectivity index (χ3v) is 5.38. The van der Waals surface area contributed by atoms with Crippen molar-refractivity contribution in [2.75, 3.05) is 0 Å². The van der Waals surface area contributed by atoms with Gasteiger partial charge in [-0.1, -0.05) is 36.8 Å². The number of amides is 1. The van der Waals surface area contributed by atoms with E-state index in [1.807, 2.05) is 40.6 Å². The quantitative estimate of drug-likeness (QED) is 0.692. The SMILES string of the molecule is O=C([C@H]1CCCCn2nnnc21)N(Cc1ccccc1)Cc1nccs1. The van der Waals surface area contributed by atoms with Crippen LogP contribution in [0.1, 0.15) is 41.6 Å². The van der Waals surface area contributed by atoms with Crippen LogP contribution in [-0.4, -0.2) is 36.0 Å². The van der Waals surface area contributed by atoms with Gasteiger partial charge in [-0.25, -0.2) is 9.67 Å². The normalized spacial score (nSPS) is 16.7. The first-order valence-corrected chi connectivity index (χ1v) is 9.66. The zero-order chi connectivity index (χ0) is 17.8. The summed E-state index contributed by atoms with van der Waals surface area (Å²) in [6, 6.07) is 10.1. The molecule has 0 saturated carbocycles.